The molecular formula is C23H22ClF2N7O. The molecule has 1 amide bonds. The number of alkyl halides is 1. The molecule has 2 aliphatic rings. The Balaban J connectivity index is 1.39. The maximum absolute atomic E-state index is 15.7. The van der Waals surface area contributed by atoms with Gasteiger partial charge in [0, 0.05) is 49.4 Å². The largest absolute Gasteiger partial charge is 0.365 e. The number of rotatable bonds is 4. The molecule has 1 saturated heterocycles. The van der Waals surface area contributed by atoms with Gasteiger partial charge >= 0.3 is 0 Å². The first-order valence-corrected chi connectivity index (χ1v) is 11.5. The van der Waals surface area contributed by atoms with Gasteiger partial charge in [-0.2, -0.15) is 10.2 Å². The highest BCUT2D eigenvalue weighted by Gasteiger charge is 2.43. The summed E-state index contributed by atoms with van der Waals surface area (Å²) in [5.74, 6) is -1.13. The third-order valence-electron chi connectivity index (χ3n) is 6.64. The number of likely N-dealkylation sites (N-methyl/N-ethyl adjacent to an activating group) is 1. The van der Waals surface area contributed by atoms with Crippen LogP contribution in [0.2, 0.25) is 5.02 Å². The van der Waals surface area contributed by atoms with Crippen molar-refractivity contribution in [2.75, 3.05) is 43.4 Å². The molecule has 2 N–H and O–H groups in total. The number of carbonyl (C=O) groups is 1. The van der Waals surface area contributed by atoms with E-state index < -0.39 is 17.9 Å². The van der Waals surface area contributed by atoms with Crippen LogP contribution in [0.3, 0.4) is 0 Å². The van der Waals surface area contributed by atoms with Gasteiger partial charge in [-0.15, -0.1) is 0 Å². The number of hydrogen-bond donors (Lipinski definition) is 2. The highest BCUT2D eigenvalue weighted by molar-refractivity contribution is 6.36. The summed E-state index contributed by atoms with van der Waals surface area (Å²) < 4.78 is 30.4. The third kappa shape index (κ3) is 3.48. The van der Waals surface area contributed by atoms with Gasteiger partial charge in [-0.3, -0.25) is 9.89 Å². The van der Waals surface area contributed by atoms with Gasteiger partial charge in [0.05, 0.1) is 28.2 Å². The van der Waals surface area contributed by atoms with Crippen molar-refractivity contribution >= 4 is 45.4 Å². The van der Waals surface area contributed by atoms with Crippen molar-refractivity contribution in [1.82, 2.24) is 24.7 Å². The minimum atomic E-state index is -1.08. The summed E-state index contributed by atoms with van der Waals surface area (Å²) >= 11 is 6.63. The SMILES string of the molecule is CN1CCN(c2c(F)c(Cl)c(-c3ccn4nc(NC(=O)[C@@H]5C[C@@H]5F)cc4c3)c3cn[nH]c23)CC1. The summed E-state index contributed by atoms with van der Waals surface area (Å²) in [4.78, 5) is 16.3. The molecule has 0 spiro atoms. The fourth-order valence-corrected chi connectivity index (χ4v) is 4.87. The maximum atomic E-state index is 15.7. The van der Waals surface area contributed by atoms with Crippen LogP contribution in [-0.4, -0.2) is 70.0 Å². The Bertz CT molecular complexity index is 1430. The van der Waals surface area contributed by atoms with Gasteiger partial charge in [0.15, 0.2) is 11.6 Å². The highest BCUT2D eigenvalue weighted by atomic mass is 35.5. The number of amides is 1. The van der Waals surface area contributed by atoms with Gasteiger partial charge in [0.1, 0.15) is 11.9 Å². The second-order valence-electron chi connectivity index (χ2n) is 8.96. The van der Waals surface area contributed by atoms with Crippen molar-refractivity contribution in [3.05, 3.63) is 41.4 Å². The van der Waals surface area contributed by atoms with Crippen molar-refractivity contribution in [2.45, 2.75) is 12.6 Å². The number of benzene rings is 1. The molecule has 1 aromatic carbocycles. The Kier molecular flexibility index (Phi) is 4.96. The molecule has 4 heterocycles. The van der Waals surface area contributed by atoms with E-state index in [-0.39, 0.29) is 17.4 Å². The lowest BCUT2D eigenvalue weighted by atomic mass is 10.0. The normalized spacial score (nSPS) is 20.9. The van der Waals surface area contributed by atoms with Crippen LogP contribution < -0.4 is 10.2 Å². The predicted octanol–water partition coefficient (Wildman–Crippen LogP) is 3.72. The molecule has 1 saturated carbocycles. The van der Waals surface area contributed by atoms with E-state index in [1.165, 1.54) is 0 Å². The number of nitrogens with zero attached hydrogens (tertiary/aromatic N) is 5. The monoisotopic (exact) mass is 485 g/mol. The van der Waals surface area contributed by atoms with E-state index in [9.17, 15) is 9.18 Å². The van der Waals surface area contributed by atoms with E-state index in [1.54, 1.807) is 29.0 Å². The molecule has 0 bridgehead atoms. The number of aromatic amines is 1. The van der Waals surface area contributed by atoms with Crippen LogP contribution in [0, 0.1) is 11.7 Å². The third-order valence-corrected chi connectivity index (χ3v) is 6.99. The van der Waals surface area contributed by atoms with E-state index >= 15 is 4.39 Å². The lowest BCUT2D eigenvalue weighted by molar-refractivity contribution is -0.117. The average molecular weight is 486 g/mol. The number of fused-ring (bicyclic) bond motifs is 2. The predicted molar refractivity (Wildman–Crippen MR) is 127 cm³/mol. The van der Waals surface area contributed by atoms with Crippen LogP contribution in [0.1, 0.15) is 6.42 Å². The Labute approximate surface area is 198 Å². The van der Waals surface area contributed by atoms with Crippen molar-refractivity contribution in [3.63, 3.8) is 0 Å². The number of H-pyrrole nitrogens is 1. The van der Waals surface area contributed by atoms with E-state index in [4.69, 9.17) is 11.6 Å². The summed E-state index contributed by atoms with van der Waals surface area (Å²) in [5.41, 5.74) is 2.95. The standard InChI is InChI=1S/C23H22ClF2N7O/c1-31-4-6-32(7-5-31)22-20(26)19(24)18(15-11-27-29-21(15)22)12-2-3-33-13(8-12)9-17(30-33)28-23(34)14-10-16(14)25/h2-3,8-9,11,14,16H,4-7,10H2,1H3,(H,27,29)(H,28,30,34)/t14-,16+/m1/s1. The van der Waals surface area contributed by atoms with Gasteiger partial charge in [0.2, 0.25) is 5.91 Å². The minimum absolute atomic E-state index is 0.0305. The average Bonchev–Trinajstić information content (AvgIpc) is 3.18. The van der Waals surface area contributed by atoms with Crippen molar-refractivity contribution in [1.29, 1.82) is 0 Å². The fourth-order valence-electron chi connectivity index (χ4n) is 4.57. The maximum Gasteiger partial charge on any atom is 0.231 e. The quantitative estimate of drug-likeness (QED) is 0.460. The molecule has 1 aliphatic heterocycles. The van der Waals surface area contributed by atoms with Crippen LogP contribution in [0.25, 0.3) is 27.5 Å². The molecule has 8 nitrogen and oxygen atoms in total. The summed E-state index contributed by atoms with van der Waals surface area (Å²) in [6.45, 7) is 3.05. The van der Waals surface area contributed by atoms with Crippen LogP contribution in [0.15, 0.2) is 30.6 Å². The van der Waals surface area contributed by atoms with Crippen LogP contribution >= 0.6 is 11.6 Å². The van der Waals surface area contributed by atoms with Gasteiger partial charge in [0.25, 0.3) is 0 Å². The molecule has 11 heteroatoms. The Morgan fingerprint density at radius 3 is 2.76 bits per heavy atom. The van der Waals surface area contributed by atoms with Gasteiger partial charge in [-0.1, -0.05) is 11.6 Å². The Morgan fingerprint density at radius 2 is 2.03 bits per heavy atom. The Hall–Kier alpha value is -3.24. The number of anilines is 2. The zero-order valence-corrected chi connectivity index (χ0v) is 19.1. The van der Waals surface area contributed by atoms with Gasteiger partial charge in [-0.05, 0) is 31.2 Å². The molecule has 2 fully saturated rings. The second kappa shape index (κ2) is 7.92. The van der Waals surface area contributed by atoms with Crippen LogP contribution in [0.4, 0.5) is 20.3 Å². The summed E-state index contributed by atoms with van der Waals surface area (Å²) in [6.07, 6.45) is 2.54. The first-order valence-electron chi connectivity index (χ1n) is 11.1. The number of nitrogens with one attached hydrogen (secondary N) is 2. The molecule has 176 valence electrons. The number of piperazine rings is 1. The van der Waals surface area contributed by atoms with Gasteiger partial charge < -0.3 is 15.1 Å². The van der Waals surface area contributed by atoms with E-state index in [1.807, 2.05) is 18.0 Å². The summed E-state index contributed by atoms with van der Waals surface area (Å²) in [7, 11) is 2.04. The minimum Gasteiger partial charge on any atom is -0.365 e. The molecule has 34 heavy (non-hydrogen) atoms. The van der Waals surface area contributed by atoms with E-state index in [2.05, 4.69) is 25.5 Å². The molecule has 0 unspecified atom stereocenters. The van der Waals surface area contributed by atoms with E-state index in [0.717, 1.165) is 18.5 Å². The number of carbonyl (C=O) groups excluding carboxylic acids is 1. The van der Waals surface area contributed by atoms with Crippen molar-refractivity contribution in [3.8, 4) is 11.1 Å². The molecule has 6 rings (SSSR count). The molecule has 1 aliphatic carbocycles. The second-order valence-corrected chi connectivity index (χ2v) is 9.34. The topological polar surface area (TPSA) is 81.6 Å². The highest BCUT2D eigenvalue weighted by Crippen LogP contribution is 2.43. The zero-order chi connectivity index (χ0) is 23.6. The lowest BCUT2D eigenvalue weighted by Gasteiger charge is -2.34. The zero-order valence-electron chi connectivity index (χ0n) is 18.4. The number of halogens is 3. The van der Waals surface area contributed by atoms with Gasteiger partial charge in [-0.25, -0.2) is 13.3 Å². The molecule has 3 aromatic heterocycles. The number of hydrogen-bond acceptors (Lipinski definition) is 5. The summed E-state index contributed by atoms with van der Waals surface area (Å²) in [5, 5.41) is 14.9. The Morgan fingerprint density at radius 1 is 1.26 bits per heavy atom. The van der Waals surface area contributed by atoms with E-state index in [0.29, 0.717) is 46.8 Å². The molecular weight excluding hydrogens is 464 g/mol. The number of aromatic nitrogens is 4. The molecule has 0 radical (unpaired) electrons. The number of pyridine rings is 1. The lowest BCUT2D eigenvalue weighted by Crippen LogP contribution is -2.45. The smallest absolute Gasteiger partial charge is 0.231 e. The van der Waals surface area contributed by atoms with Crippen LogP contribution in [0.5, 0.6) is 0 Å². The first-order chi connectivity index (χ1) is 16.4. The molecule has 2 atom stereocenters. The fraction of sp³-hybridized carbons (Fsp3) is 0.348. The molecule has 4 aromatic rings. The first kappa shape index (κ1) is 21.3. The van der Waals surface area contributed by atoms with Crippen molar-refractivity contribution < 1.29 is 13.6 Å². The summed E-state index contributed by atoms with van der Waals surface area (Å²) in [6, 6.07) is 5.29. The van der Waals surface area contributed by atoms with Crippen molar-refractivity contribution in [2.24, 2.45) is 5.92 Å². The van der Waals surface area contributed by atoms with Crippen LogP contribution in [-0.2, 0) is 4.79 Å².